The molecule has 1 saturated heterocycles. The second-order valence-corrected chi connectivity index (χ2v) is 8.03. The Hall–Kier alpha value is -0.600. The summed E-state index contributed by atoms with van der Waals surface area (Å²) in [6, 6.07) is 0. The van der Waals surface area contributed by atoms with Gasteiger partial charge in [0.15, 0.2) is 0 Å². The topological polar surface area (TPSA) is 29.5 Å². The number of aliphatic hydroxyl groups excluding tert-OH is 1. The zero-order valence-electron chi connectivity index (χ0n) is 15.1. The number of allylic oxidation sites excluding steroid dienone is 3. The monoisotopic (exact) mass is 306 g/mol. The lowest BCUT2D eigenvalue weighted by Gasteiger charge is -2.38. The van der Waals surface area contributed by atoms with E-state index in [2.05, 4.69) is 46.8 Å². The van der Waals surface area contributed by atoms with Crippen LogP contribution in [0.3, 0.4) is 0 Å². The van der Waals surface area contributed by atoms with Crippen molar-refractivity contribution in [3.05, 3.63) is 23.3 Å². The Bertz CT molecular complexity index is 449. The minimum absolute atomic E-state index is 0.104. The van der Waals surface area contributed by atoms with Crippen molar-refractivity contribution in [3.8, 4) is 0 Å². The maximum absolute atomic E-state index is 10.7. The minimum Gasteiger partial charge on any atom is -0.390 e. The predicted octanol–water partition coefficient (Wildman–Crippen LogP) is 5.17. The largest absolute Gasteiger partial charge is 0.390 e. The fourth-order valence-corrected chi connectivity index (χ4v) is 3.81. The van der Waals surface area contributed by atoms with E-state index < -0.39 is 0 Å². The Morgan fingerprint density at radius 2 is 1.82 bits per heavy atom. The van der Waals surface area contributed by atoms with Gasteiger partial charge in [-0.3, -0.25) is 0 Å². The molecule has 0 aromatic carbocycles. The smallest absolute Gasteiger partial charge is 0.0921 e. The molecule has 2 heteroatoms. The van der Waals surface area contributed by atoms with Crippen LogP contribution in [0, 0.1) is 5.92 Å². The Morgan fingerprint density at radius 1 is 1.14 bits per heavy atom. The molecule has 2 aliphatic rings. The van der Waals surface area contributed by atoms with Crippen LogP contribution >= 0.6 is 0 Å². The zero-order chi connectivity index (χ0) is 16.4. The molecule has 1 fully saturated rings. The van der Waals surface area contributed by atoms with Crippen LogP contribution in [0.1, 0.15) is 79.6 Å². The molecule has 1 N–H and O–H groups in total. The highest BCUT2D eigenvalue weighted by atomic mass is 16.5. The van der Waals surface area contributed by atoms with E-state index in [0.717, 1.165) is 44.9 Å². The van der Waals surface area contributed by atoms with E-state index in [1.54, 1.807) is 0 Å². The fourth-order valence-electron chi connectivity index (χ4n) is 3.81. The summed E-state index contributed by atoms with van der Waals surface area (Å²) < 4.78 is 6.59. The molecule has 0 amide bonds. The lowest BCUT2D eigenvalue weighted by atomic mass is 9.82. The van der Waals surface area contributed by atoms with Crippen molar-refractivity contribution < 1.29 is 9.84 Å². The molecule has 2 rings (SSSR count). The quantitative estimate of drug-likeness (QED) is 0.677. The summed E-state index contributed by atoms with van der Waals surface area (Å²) in [7, 11) is 0. The van der Waals surface area contributed by atoms with Gasteiger partial charge in [-0.2, -0.15) is 0 Å². The maximum atomic E-state index is 10.7. The summed E-state index contributed by atoms with van der Waals surface area (Å²) in [4.78, 5) is 0. The van der Waals surface area contributed by atoms with Gasteiger partial charge in [0.1, 0.15) is 0 Å². The Kier molecular flexibility index (Phi) is 5.55. The molecule has 0 radical (unpaired) electrons. The van der Waals surface area contributed by atoms with Gasteiger partial charge in [0.05, 0.1) is 17.3 Å². The SMILES string of the molecule is CC1=CCC2(C(C)C)CC[C@@](C)(O2)[C@H](O)CCC(C)=CCC1. The van der Waals surface area contributed by atoms with Crippen molar-refractivity contribution in [2.24, 2.45) is 5.92 Å². The zero-order valence-corrected chi connectivity index (χ0v) is 15.1. The molecule has 0 aromatic rings. The van der Waals surface area contributed by atoms with E-state index in [1.165, 1.54) is 11.1 Å². The average Bonchev–Trinajstić information content (AvgIpc) is 2.82. The van der Waals surface area contributed by atoms with E-state index in [4.69, 9.17) is 4.74 Å². The lowest BCUT2D eigenvalue weighted by molar-refractivity contribution is -0.162. The van der Waals surface area contributed by atoms with Crippen LogP contribution in [0.15, 0.2) is 23.3 Å². The van der Waals surface area contributed by atoms with Gasteiger partial charge in [-0.05, 0) is 71.6 Å². The number of fused-ring (bicyclic) bond motifs is 2. The summed E-state index contributed by atoms with van der Waals surface area (Å²) in [6.45, 7) is 11.0. The summed E-state index contributed by atoms with van der Waals surface area (Å²) >= 11 is 0. The first-order valence-electron chi connectivity index (χ1n) is 8.97. The van der Waals surface area contributed by atoms with Gasteiger partial charge < -0.3 is 9.84 Å². The fraction of sp³-hybridized carbons (Fsp3) is 0.800. The second-order valence-electron chi connectivity index (χ2n) is 8.03. The highest BCUT2D eigenvalue weighted by Gasteiger charge is 2.50. The Labute approximate surface area is 136 Å². The van der Waals surface area contributed by atoms with E-state index in [9.17, 15) is 5.11 Å². The average molecular weight is 306 g/mol. The third-order valence-corrected chi connectivity index (χ3v) is 5.88. The Morgan fingerprint density at radius 3 is 2.50 bits per heavy atom. The molecule has 2 nitrogen and oxygen atoms in total. The Balaban J connectivity index is 2.27. The van der Waals surface area contributed by atoms with Crippen LogP contribution in [0.2, 0.25) is 0 Å². The van der Waals surface area contributed by atoms with Crippen molar-refractivity contribution in [2.75, 3.05) is 0 Å². The molecule has 3 atom stereocenters. The van der Waals surface area contributed by atoms with Crippen molar-refractivity contribution in [2.45, 2.75) is 96.9 Å². The third kappa shape index (κ3) is 3.83. The number of hydrogen-bond acceptors (Lipinski definition) is 2. The first-order chi connectivity index (χ1) is 10.3. The molecule has 2 bridgehead atoms. The minimum atomic E-state index is -0.389. The predicted molar refractivity (Wildman–Crippen MR) is 92.9 cm³/mol. The van der Waals surface area contributed by atoms with Crippen LogP contribution in [0.4, 0.5) is 0 Å². The summed E-state index contributed by atoms with van der Waals surface area (Å²) in [5, 5.41) is 10.7. The van der Waals surface area contributed by atoms with Gasteiger partial charge in [-0.15, -0.1) is 0 Å². The van der Waals surface area contributed by atoms with Gasteiger partial charge in [0, 0.05) is 0 Å². The summed E-state index contributed by atoms with van der Waals surface area (Å²) in [5.41, 5.74) is 2.36. The van der Waals surface area contributed by atoms with Gasteiger partial charge in [0.25, 0.3) is 0 Å². The molecule has 0 aliphatic carbocycles. The van der Waals surface area contributed by atoms with Gasteiger partial charge >= 0.3 is 0 Å². The van der Waals surface area contributed by atoms with Crippen LogP contribution in [0.5, 0.6) is 0 Å². The van der Waals surface area contributed by atoms with Crippen LogP contribution in [0.25, 0.3) is 0 Å². The molecule has 1 unspecified atom stereocenters. The molecule has 0 aromatic heterocycles. The summed E-state index contributed by atoms with van der Waals surface area (Å²) in [6.07, 6.45) is 11.3. The second kappa shape index (κ2) is 6.88. The molecule has 126 valence electrons. The maximum Gasteiger partial charge on any atom is 0.0921 e. The number of rotatable bonds is 1. The number of aliphatic hydroxyl groups is 1. The van der Waals surface area contributed by atoms with Crippen LogP contribution < -0.4 is 0 Å². The molecule has 2 aliphatic heterocycles. The molecule has 2 heterocycles. The first-order valence-corrected chi connectivity index (χ1v) is 8.97. The standard InChI is InChI=1S/C20H34O2/c1-15(2)20-12-11-17(4)8-6-7-16(3)9-10-18(21)19(5,22-20)13-14-20/h7,11,15,18,21H,6,8-10,12-14H2,1-5H3/t18-,19-,20?/m1/s1. The van der Waals surface area contributed by atoms with Crippen LogP contribution in [-0.4, -0.2) is 22.4 Å². The highest BCUT2D eigenvalue weighted by Crippen LogP contribution is 2.47. The van der Waals surface area contributed by atoms with Crippen molar-refractivity contribution in [1.29, 1.82) is 0 Å². The molecule has 22 heavy (non-hydrogen) atoms. The van der Waals surface area contributed by atoms with Crippen molar-refractivity contribution in [1.82, 2.24) is 0 Å². The lowest BCUT2D eigenvalue weighted by Crippen LogP contribution is -2.44. The third-order valence-electron chi connectivity index (χ3n) is 5.88. The van der Waals surface area contributed by atoms with Gasteiger partial charge in [-0.25, -0.2) is 0 Å². The highest BCUT2D eigenvalue weighted by molar-refractivity contribution is 5.10. The van der Waals surface area contributed by atoms with Crippen molar-refractivity contribution >= 4 is 0 Å². The molecular weight excluding hydrogens is 272 g/mol. The molecular formula is C20H34O2. The number of hydrogen-bond donors (Lipinski definition) is 1. The van der Waals surface area contributed by atoms with E-state index in [1.807, 2.05) is 0 Å². The van der Waals surface area contributed by atoms with E-state index in [-0.39, 0.29) is 17.3 Å². The van der Waals surface area contributed by atoms with Crippen LogP contribution in [-0.2, 0) is 4.74 Å². The summed E-state index contributed by atoms with van der Waals surface area (Å²) in [5.74, 6) is 0.468. The van der Waals surface area contributed by atoms with Crippen molar-refractivity contribution in [3.63, 3.8) is 0 Å². The van der Waals surface area contributed by atoms with Gasteiger partial charge in [0.2, 0.25) is 0 Å². The molecule has 0 saturated carbocycles. The van der Waals surface area contributed by atoms with Gasteiger partial charge in [-0.1, -0.05) is 37.1 Å². The normalized spacial score (nSPS) is 37.9. The van der Waals surface area contributed by atoms with E-state index in [0.29, 0.717) is 5.92 Å². The first kappa shape index (κ1) is 17.7. The number of ether oxygens (including phenoxy) is 1. The molecule has 0 spiro atoms. The van der Waals surface area contributed by atoms with E-state index >= 15 is 0 Å².